The van der Waals surface area contributed by atoms with E-state index in [1.165, 1.54) is 218 Å². The van der Waals surface area contributed by atoms with E-state index in [9.17, 15) is 29.4 Å². The molecular formula is C60H114O8Zn. The van der Waals surface area contributed by atoms with Gasteiger partial charge in [-0.15, -0.1) is 0 Å². The van der Waals surface area contributed by atoms with Gasteiger partial charge in [0.25, 0.3) is 0 Å². The van der Waals surface area contributed by atoms with Crippen LogP contribution in [0.25, 0.3) is 0 Å². The number of ether oxygens (including phenoxy) is 2. The van der Waals surface area contributed by atoms with Crippen molar-refractivity contribution in [3.05, 3.63) is 0 Å². The van der Waals surface area contributed by atoms with Gasteiger partial charge in [-0.25, -0.2) is 0 Å². The molecule has 0 aromatic carbocycles. The largest absolute Gasteiger partial charge is 2.00 e. The SMILES string of the molecule is CCCCCCCCCCCCCCC(CCC(=O)[O-])OC(=O)CCCCCCCCCCC.CCCCCCCCCCCCCCC(CCC(=O)[O-])OC(=O)CCCCCCCCCCC.[Zn+2]. The predicted molar refractivity (Wildman–Crippen MR) is 283 cm³/mol. The first-order valence-corrected chi connectivity index (χ1v) is 30.0. The first-order chi connectivity index (χ1) is 33.2. The molecule has 404 valence electrons. The Bertz CT molecular complexity index is 988. The maximum atomic E-state index is 12.2. The van der Waals surface area contributed by atoms with Crippen LogP contribution >= 0.6 is 0 Å². The van der Waals surface area contributed by atoms with Crippen LogP contribution in [0, 0.1) is 0 Å². The minimum Gasteiger partial charge on any atom is -0.550 e. The summed E-state index contributed by atoms with van der Waals surface area (Å²) in [5.74, 6) is -2.44. The number of rotatable bonds is 54. The van der Waals surface area contributed by atoms with E-state index in [4.69, 9.17) is 9.47 Å². The number of carboxylic acid groups (broad SMARTS) is 2. The molecule has 8 nitrogen and oxygen atoms in total. The van der Waals surface area contributed by atoms with E-state index in [1.54, 1.807) is 0 Å². The Kier molecular flexibility index (Phi) is 63.2. The molecule has 0 fully saturated rings. The number of carbonyl (C=O) groups is 4. The van der Waals surface area contributed by atoms with Gasteiger partial charge in [0.1, 0.15) is 12.2 Å². The zero-order valence-corrected chi connectivity index (χ0v) is 49.5. The molecule has 2 unspecified atom stereocenters. The molecule has 0 N–H and O–H groups in total. The molecule has 9 heteroatoms. The Balaban J connectivity index is -0.00000124. The van der Waals surface area contributed by atoms with E-state index in [1.807, 2.05) is 0 Å². The molecule has 2 atom stereocenters. The van der Waals surface area contributed by atoms with Crippen molar-refractivity contribution < 1.29 is 58.3 Å². The average Bonchev–Trinajstić information content (AvgIpc) is 3.32. The number of aliphatic carboxylic acids is 2. The van der Waals surface area contributed by atoms with Crippen LogP contribution in [0.1, 0.15) is 349 Å². The first-order valence-electron chi connectivity index (χ1n) is 30.0. The van der Waals surface area contributed by atoms with Crippen molar-refractivity contribution in [1.82, 2.24) is 0 Å². The molecule has 0 aromatic heterocycles. The molecule has 0 aliphatic rings. The number of hydrogen-bond donors (Lipinski definition) is 0. The normalized spacial score (nSPS) is 11.9. The van der Waals surface area contributed by atoms with Crippen molar-refractivity contribution >= 4 is 23.9 Å². The van der Waals surface area contributed by atoms with Crippen LogP contribution in [0.4, 0.5) is 0 Å². The molecule has 0 saturated carbocycles. The molecule has 0 aliphatic heterocycles. The smallest absolute Gasteiger partial charge is 0.550 e. The van der Waals surface area contributed by atoms with Crippen molar-refractivity contribution in [2.45, 2.75) is 361 Å². The van der Waals surface area contributed by atoms with Crippen LogP contribution in [0.3, 0.4) is 0 Å². The minimum atomic E-state index is -1.06. The van der Waals surface area contributed by atoms with Crippen molar-refractivity contribution in [1.29, 1.82) is 0 Å². The second kappa shape index (κ2) is 60.8. The molecule has 0 radical (unpaired) electrons. The molecular weight excluding hydrogens is 914 g/mol. The average molecular weight is 1030 g/mol. The number of esters is 2. The molecule has 0 amide bonds. The summed E-state index contributed by atoms with van der Waals surface area (Å²) in [6.45, 7) is 8.99. The maximum Gasteiger partial charge on any atom is 2.00 e. The number of hydrogen-bond acceptors (Lipinski definition) is 8. The van der Waals surface area contributed by atoms with Crippen molar-refractivity contribution in [3.8, 4) is 0 Å². The fourth-order valence-corrected chi connectivity index (χ4v) is 9.16. The van der Waals surface area contributed by atoms with Crippen LogP contribution in [0.15, 0.2) is 0 Å². The zero-order chi connectivity index (χ0) is 50.2. The van der Waals surface area contributed by atoms with Gasteiger partial charge in [-0.3, -0.25) is 9.59 Å². The standard InChI is InChI=1S/2C30H58O4.Zn/c2*1-3-5-7-9-11-13-14-15-17-18-20-22-24-28(26-27-29(31)32)34-30(33)25-23-21-19-16-12-10-8-6-4-2;/h2*28H,3-27H2,1-2H3,(H,31,32);/q;;+2/p-2. The van der Waals surface area contributed by atoms with Gasteiger partial charge in [0, 0.05) is 24.8 Å². The molecule has 0 heterocycles. The van der Waals surface area contributed by atoms with Gasteiger partial charge in [0.05, 0.1) is 0 Å². The monoisotopic (exact) mass is 1030 g/mol. The number of unbranched alkanes of at least 4 members (excludes halogenated alkanes) is 38. The minimum absolute atomic E-state index is 0. The summed E-state index contributed by atoms with van der Waals surface area (Å²) in [5.41, 5.74) is 0. The van der Waals surface area contributed by atoms with E-state index in [0.29, 0.717) is 25.7 Å². The van der Waals surface area contributed by atoms with Gasteiger partial charge in [-0.1, -0.05) is 272 Å². The van der Waals surface area contributed by atoms with Crippen LogP contribution < -0.4 is 10.2 Å². The second-order valence-electron chi connectivity index (χ2n) is 20.6. The van der Waals surface area contributed by atoms with E-state index in [0.717, 1.165) is 64.2 Å². The van der Waals surface area contributed by atoms with E-state index < -0.39 is 11.9 Å². The molecule has 69 heavy (non-hydrogen) atoms. The Morgan fingerprint density at radius 1 is 0.275 bits per heavy atom. The summed E-state index contributed by atoms with van der Waals surface area (Å²) in [7, 11) is 0. The first kappa shape index (κ1) is 71.8. The van der Waals surface area contributed by atoms with E-state index >= 15 is 0 Å². The van der Waals surface area contributed by atoms with Gasteiger partial charge in [0.15, 0.2) is 0 Å². The summed E-state index contributed by atoms with van der Waals surface area (Å²) < 4.78 is 11.3. The topological polar surface area (TPSA) is 133 Å². The fraction of sp³-hybridized carbons (Fsp3) is 0.933. The van der Waals surface area contributed by atoms with Gasteiger partial charge >= 0.3 is 31.4 Å². The van der Waals surface area contributed by atoms with Gasteiger partial charge in [0.2, 0.25) is 0 Å². The molecule has 0 saturated heterocycles. The molecule has 0 aliphatic carbocycles. The van der Waals surface area contributed by atoms with Gasteiger partial charge in [-0.2, -0.15) is 0 Å². The molecule has 0 spiro atoms. The summed E-state index contributed by atoms with van der Waals surface area (Å²) in [6, 6.07) is 0. The third-order valence-corrected chi connectivity index (χ3v) is 13.7. The van der Waals surface area contributed by atoms with E-state index in [2.05, 4.69) is 27.7 Å². The van der Waals surface area contributed by atoms with Crippen LogP contribution in [-0.4, -0.2) is 36.1 Å². The van der Waals surface area contributed by atoms with Crippen molar-refractivity contribution in [2.75, 3.05) is 0 Å². The Hall–Kier alpha value is -1.50. The molecule has 0 rings (SSSR count). The number of carbonyl (C=O) groups excluding carboxylic acids is 4. The Labute approximate surface area is 441 Å². The van der Waals surface area contributed by atoms with Gasteiger partial charge < -0.3 is 29.3 Å². The van der Waals surface area contributed by atoms with Crippen LogP contribution in [-0.2, 0) is 48.1 Å². The maximum absolute atomic E-state index is 12.2. The second-order valence-corrected chi connectivity index (χ2v) is 20.6. The van der Waals surface area contributed by atoms with Crippen molar-refractivity contribution in [2.24, 2.45) is 0 Å². The third-order valence-electron chi connectivity index (χ3n) is 13.7. The summed E-state index contributed by atoms with van der Waals surface area (Å²) >= 11 is 0. The predicted octanol–water partition coefficient (Wildman–Crippen LogP) is 16.9. The Morgan fingerprint density at radius 3 is 0.667 bits per heavy atom. The van der Waals surface area contributed by atoms with E-state index in [-0.39, 0.29) is 56.5 Å². The van der Waals surface area contributed by atoms with Crippen LogP contribution in [0.5, 0.6) is 0 Å². The summed E-state index contributed by atoms with van der Waals surface area (Å²) in [6.07, 6.45) is 55.6. The Morgan fingerprint density at radius 2 is 0.464 bits per heavy atom. The van der Waals surface area contributed by atoms with Crippen molar-refractivity contribution in [3.63, 3.8) is 0 Å². The summed E-state index contributed by atoms with van der Waals surface area (Å²) in [5, 5.41) is 21.7. The van der Waals surface area contributed by atoms with Crippen LogP contribution in [0.2, 0.25) is 0 Å². The number of carboxylic acids is 2. The van der Waals surface area contributed by atoms with Gasteiger partial charge in [-0.05, 0) is 64.2 Å². The molecule has 0 aromatic rings. The summed E-state index contributed by atoms with van der Waals surface area (Å²) in [4.78, 5) is 46.2. The quantitative estimate of drug-likeness (QED) is 0.0334. The molecule has 0 bridgehead atoms. The third kappa shape index (κ3) is 62.6. The fourth-order valence-electron chi connectivity index (χ4n) is 9.16. The zero-order valence-electron chi connectivity index (χ0n) is 46.5.